The van der Waals surface area contributed by atoms with E-state index < -0.39 is 5.97 Å². The van der Waals surface area contributed by atoms with Crippen molar-refractivity contribution in [2.24, 2.45) is 0 Å². The van der Waals surface area contributed by atoms with Crippen LogP contribution in [0.4, 0.5) is 0 Å². The van der Waals surface area contributed by atoms with Gasteiger partial charge in [0.2, 0.25) is 0 Å². The van der Waals surface area contributed by atoms with Crippen molar-refractivity contribution >= 4 is 17.8 Å². The molecule has 6 heteroatoms. The number of benzene rings is 1. The Morgan fingerprint density at radius 1 is 1.08 bits per heavy atom. The smallest absolute Gasteiger partial charge is 0.325 e. The first-order chi connectivity index (χ1) is 11.5. The van der Waals surface area contributed by atoms with Gasteiger partial charge in [-0.1, -0.05) is 6.07 Å². The summed E-state index contributed by atoms with van der Waals surface area (Å²) in [7, 11) is 0. The van der Waals surface area contributed by atoms with Crippen LogP contribution in [0.2, 0.25) is 0 Å². The number of aryl methyl sites for hydroxylation is 2. The Bertz CT molecular complexity index is 621. The number of esters is 1. The van der Waals surface area contributed by atoms with Gasteiger partial charge in [0.25, 0.3) is 11.8 Å². The second-order valence-corrected chi connectivity index (χ2v) is 6.08. The summed E-state index contributed by atoms with van der Waals surface area (Å²) >= 11 is 0. The highest BCUT2D eigenvalue weighted by Gasteiger charge is 2.18. The lowest BCUT2D eigenvalue weighted by Crippen LogP contribution is -2.39. The van der Waals surface area contributed by atoms with Gasteiger partial charge < -0.3 is 15.0 Å². The standard InChI is InChI=1S/C18H24N2O4/c1-13-6-7-15(10-14(13)2)18(23)19-11-17(22)24-12-16(21)20-8-4-3-5-9-20/h6-7,10H,3-5,8-9,11-12H2,1-2H3,(H,19,23). The summed E-state index contributed by atoms with van der Waals surface area (Å²) in [6, 6.07) is 5.35. The molecule has 1 aromatic carbocycles. The molecule has 1 N–H and O–H groups in total. The van der Waals surface area contributed by atoms with E-state index in [2.05, 4.69) is 5.32 Å². The van der Waals surface area contributed by atoms with E-state index in [1.807, 2.05) is 19.9 Å². The van der Waals surface area contributed by atoms with Gasteiger partial charge in [-0.25, -0.2) is 0 Å². The van der Waals surface area contributed by atoms with Gasteiger partial charge in [0.15, 0.2) is 6.61 Å². The third kappa shape index (κ3) is 5.08. The summed E-state index contributed by atoms with van der Waals surface area (Å²) in [6.45, 7) is 4.82. The Balaban J connectivity index is 1.73. The Labute approximate surface area is 142 Å². The molecule has 24 heavy (non-hydrogen) atoms. The summed E-state index contributed by atoms with van der Waals surface area (Å²) in [5, 5.41) is 2.51. The number of hydrogen-bond acceptors (Lipinski definition) is 4. The monoisotopic (exact) mass is 332 g/mol. The van der Waals surface area contributed by atoms with Crippen molar-refractivity contribution < 1.29 is 19.1 Å². The molecule has 1 heterocycles. The first-order valence-corrected chi connectivity index (χ1v) is 8.26. The zero-order chi connectivity index (χ0) is 17.5. The highest BCUT2D eigenvalue weighted by Crippen LogP contribution is 2.10. The lowest BCUT2D eigenvalue weighted by Gasteiger charge is -2.26. The van der Waals surface area contributed by atoms with Gasteiger partial charge in [0.05, 0.1) is 0 Å². The molecule has 1 fully saturated rings. The molecule has 130 valence electrons. The number of nitrogens with zero attached hydrogens (tertiary/aromatic N) is 1. The third-order valence-electron chi connectivity index (χ3n) is 4.23. The number of carbonyl (C=O) groups is 3. The second kappa shape index (κ2) is 8.47. The number of ether oxygens (including phenoxy) is 1. The predicted octanol–water partition coefficient (Wildman–Crippen LogP) is 1.59. The summed E-state index contributed by atoms with van der Waals surface area (Å²) in [4.78, 5) is 37.3. The van der Waals surface area contributed by atoms with Crippen LogP contribution in [0.5, 0.6) is 0 Å². The number of amides is 2. The van der Waals surface area contributed by atoms with E-state index >= 15 is 0 Å². The van der Waals surface area contributed by atoms with Gasteiger partial charge in [-0.05, 0) is 56.4 Å². The average Bonchev–Trinajstić information content (AvgIpc) is 2.60. The minimum absolute atomic E-state index is 0.177. The molecule has 0 unspecified atom stereocenters. The van der Waals surface area contributed by atoms with E-state index in [4.69, 9.17) is 4.74 Å². The normalized spacial score (nSPS) is 14.2. The maximum Gasteiger partial charge on any atom is 0.325 e. The first-order valence-electron chi connectivity index (χ1n) is 8.26. The molecule has 6 nitrogen and oxygen atoms in total. The molecule has 1 aliphatic heterocycles. The van der Waals surface area contributed by atoms with E-state index in [1.165, 1.54) is 0 Å². The number of carbonyl (C=O) groups excluding carboxylic acids is 3. The lowest BCUT2D eigenvalue weighted by molar-refractivity contribution is -0.151. The van der Waals surface area contributed by atoms with Crippen LogP contribution in [0.15, 0.2) is 18.2 Å². The van der Waals surface area contributed by atoms with E-state index in [1.54, 1.807) is 17.0 Å². The minimum Gasteiger partial charge on any atom is -0.454 e. The molecule has 0 aromatic heterocycles. The van der Waals surface area contributed by atoms with Crippen molar-refractivity contribution in [1.82, 2.24) is 10.2 Å². The molecule has 0 atom stereocenters. The number of rotatable bonds is 5. The summed E-state index contributed by atoms with van der Waals surface area (Å²) in [5.41, 5.74) is 2.61. The number of piperidine rings is 1. The Hall–Kier alpha value is -2.37. The number of likely N-dealkylation sites (tertiary alicyclic amines) is 1. The van der Waals surface area contributed by atoms with Crippen LogP contribution < -0.4 is 5.32 Å². The van der Waals surface area contributed by atoms with Gasteiger partial charge in [-0.15, -0.1) is 0 Å². The molecule has 0 spiro atoms. The molecule has 2 amide bonds. The third-order valence-corrected chi connectivity index (χ3v) is 4.23. The van der Waals surface area contributed by atoms with Crippen LogP contribution in [-0.2, 0) is 14.3 Å². The van der Waals surface area contributed by atoms with Crippen LogP contribution in [0.25, 0.3) is 0 Å². The van der Waals surface area contributed by atoms with Crippen molar-refractivity contribution in [3.8, 4) is 0 Å². The fourth-order valence-corrected chi connectivity index (χ4v) is 2.57. The highest BCUT2D eigenvalue weighted by atomic mass is 16.5. The SMILES string of the molecule is Cc1ccc(C(=O)NCC(=O)OCC(=O)N2CCCCC2)cc1C. The molecular weight excluding hydrogens is 308 g/mol. The van der Waals surface area contributed by atoms with E-state index in [-0.39, 0.29) is 25.0 Å². The average molecular weight is 332 g/mol. The molecular formula is C18H24N2O4. The van der Waals surface area contributed by atoms with E-state index in [0.717, 1.165) is 43.5 Å². The van der Waals surface area contributed by atoms with Gasteiger partial charge in [-0.3, -0.25) is 14.4 Å². The molecule has 1 aliphatic rings. The van der Waals surface area contributed by atoms with Crippen LogP contribution >= 0.6 is 0 Å². The molecule has 0 bridgehead atoms. The van der Waals surface area contributed by atoms with E-state index in [9.17, 15) is 14.4 Å². The molecule has 2 rings (SSSR count). The second-order valence-electron chi connectivity index (χ2n) is 6.08. The van der Waals surface area contributed by atoms with Crippen molar-refractivity contribution in [2.75, 3.05) is 26.2 Å². The van der Waals surface area contributed by atoms with Crippen LogP contribution in [-0.4, -0.2) is 48.9 Å². The highest BCUT2D eigenvalue weighted by molar-refractivity contribution is 5.96. The maximum absolute atomic E-state index is 12.0. The molecule has 1 aromatic rings. The van der Waals surface area contributed by atoms with Gasteiger partial charge >= 0.3 is 5.97 Å². The summed E-state index contributed by atoms with van der Waals surface area (Å²) in [6.07, 6.45) is 3.12. The predicted molar refractivity (Wildman–Crippen MR) is 89.6 cm³/mol. The van der Waals surface area contributed by atoms with Gasteiger partial charge in [0, 0.05) is 18.7 Å². The quantitative estimate of drug-likeness (QED) is 0.831. The van der Waals surface area contributed by atoms with Crippen molar-refractivity contribution in [1.29, 1.82) is 0 Å². The Kier molecular flexibility index (Phi) is 6.35. The molecule has 0 aliphatic carbocycles. The zero-order valence-corrected chi connectivity index (χ0v) is 14.3. The molecule has 0 radical (unpaired) electrons. The van der Waals surface area contributed by atoms with E-state index in [0.29, 0.717) is 5.56 Å². The largest absolute Gasteiger partial charge is 0.454 e. The van der Waals surface area contributed by atoms with Gasteiger partial charge in [0.1, 0.15) is 6.54 Å². The maximum atomic E-state index is 12.0. The fraction of sp³-hybridized carbons (Fsp3) is 0.500. The Morgan fingerprint density at radius 2 is 1.79 bits per heavy atom. The Morgan fingerprint density at radius 3 is 2.46 bits per heavy atom. The zero-order valence-electron chi connectivity index (χ0n) is 14.3. The first kappa shape index (κ1) is 18.0. The number of nitrogens with one attached hydrogen (secondary N) is 1. The van der Waals surface area contributed by atoms with Crippen molar-refractivity contribution in [2.45, 2.75) is 33.1 Å². The van der Waals surface area contributed by atoms with Gasteiger partial charge in [-0.2, -0.15) is 0 Å². The lowest BCUT2D eigenvalue weighted by atomic mass is 10.1. The van der Waals surface area contributed by atoms with Crippen LogP contribution in [0.3, 0.4) is 0 Å². The molecule has 1 saturated heterocycles. The van der Waals surface area contributed by atoms with Crippen LogP contribution in [0.1, 0.15) is 40.7 Å². The molecule has 0 saturated carbocycles. The number of hydrogen-bond donors (Lipinski definition) is 1. The minimum atomic E-state index is -0.613. The fourth-order valence-electron chi connectivity index (χ4n) is 2.57. The van der Waals surface area contributed by atoms with Crippen molar-refractivity contribution in [3.05, 3.63) is 34.9 Å². The van der Waals surface area contributed by atoms with Crippen LogP contribution in [0, 0.1) is 13.8 Å². The summed E-state index contributed by atoms with van der Waals surface area (Å²) < 4.78 is 4.94. The van der Waals surface area contributed by atoms with Crippen molar-refractivity contribution in [3.63, 3.8) is 0 Å². The summed E-state index contributed by atoms with van der Waals surface area (Å²) in [5.74, 6) is -1.13. The topological polar surface area (TPSA) is 75.7 Å².